The van der Waals surface area contributed by atoms with Crippen LogP contribution in [0.5, 0.6) is 0 Å². The van der Waals surface area contributed by atoms with Crippen molar-refractivity contribution in [3.63, 3.8) is 0 Å². The van der Waals surface area contributed by atoms with Crippen LogP contribution < -0.4 is 10.2 Å². The van der Waals surface area contributed by atoms with Gasteiger partial charge in [0.2, 0.25) is 0 Å². The van der Waals surface area contributed by atoms with Gasteiger partial charge < -0.3 is 14.9 Å². The number of methoxy groups -OCH3 is 1. The number of rotatable bonds is 6. The van der Waals surface area contributed by atoms with Crippen LogP contribution in [-0.4, -0.2) is 40.8 Å². The number of benzene rings is 2. The van der Waals surface area contributed by atoms with E-state index in [2.05, 4.69) is 20.4 Å². The number of hydrogen-bond donors (Lipinski definition) is 1. The van der Waals surface area contributed by atoms with E-state index in [0.29, 0.717) is 28.2 Å². The molecular weight excluding hydrogens is 360 g/mol. The van der Waals surface area contributed by atoms with E-state index in [9.17, 15) is 9.59 Å². The molecule has 0 unspecified atom stereocenters. The predicted molar refractivity (Wildman–Crippen MR) is 93.6 cm³/mol. The molecule has 1 amide bonds. The summed E-state index contributed by atoms with van der Waals surface area (Å²) in [7, 11) is 1.29. The maximum atomic E-state index is 11.9. The fourth-order valence-electron chi connectivity index (χ4n) is 2.26. The Bertz CT molecular complexity index is 957. The summed E-state index contributed by atoms with van der Waals surface area (Å²) in [6.07, 6.45) is 0. The zero-order chi connectivity index (χ0) is 18.5. The van der Waals surface area contributed by atoms with Crippen LogP contribution >= 0.6 is 11.6 Å². The van der Waals surface area contributed by atoms with Crippen molar-refractivity contribution in [3.05, 3.63) is 58.6 Å². The Balaban J connectivity index is 1.62. The van der Waals surface area contributed by atoms with Crippen molar-refractivity contribution in [1.82, 2.24) is 20.5 Å². The molecule has 0 fully saturated rings. The number of ether oxygens (including phenoxy) is 1. The molecule has 0 saturated carbocycles. The van der Waals surface area contributed by atoms with E-state index in [1.807, 2.05) is 6.07 Å². The molecule has 3 rings (SSSR count). The number of nitrogens with zero attached hydrogens (tertiary/aromatic N) is 3. The van der Waals surface area contributed by atoms with Crippen LogP contribution in [0.25, 0.3) is 11.0 Å². The van der Waals surface area contributed by atoms with Gasteiger partial charge in [-0.15, -0.1) is 5.10 Å². The molecule has 0 aliphatic heterocycles. The first kappa shape index (κ1) is 17.7. The second-order valence-corrected chi connectivity index (χ2v) is 5.77. The minimum atomic E-state index is -0.487. The lowest BCUT2D eigenvalue weighted by Crippen LogP contribution is -2.31. The third kappa shape index (κ3) is 4.09. The van der Waals surface area contributed by atoms with Crippen LogP contribution in [0.4, 0.5) is 0 Å². The van der Waals surface area contributed by atoms with Crippen LogP contribution in [0.15, 0.2) is 42.5 Å². The average Bonchev–Trinajstić information content (AvgIpc) is 3.06. The second kappa shape index (κ2) is 7.83. The van der Waals surface area contributed by atoms with Crippen LogP contribution in [0, 0.1) is 0 Å². The lowest BCUT2D eigenvalue weighted by molar-refractivity contribution is -0.126. The Morgan fingerprint density at radius 2 is 2.08 bits per heavy atom. The third-order valence-corrected chi connectivity index (χ3v) is 3.77. The van der Waals surface area contributed by atoms with Gasteiger partial charge in [-0.3, -0.25) is 4.79 Å². The van der Waals surface area contributed by atoms with Gasteiger partial charge in [0.25, 0.3) is 5.91 Å². The standard InChI is InChI=1S/C17H15ClN4O4/c1-25-17(24)12-5-6-14-15(8-12)22(21-20-14)26-10-16(23)19-9-11-3-2-4-13(18)7-11/h2-8H,9-10H2,1H3,(H,19,23). The second-order valence-electron chi connectivity index (χ2n) is 5.34. The fourth-order valence-corrected chi connectivity index (χ4v) is 2.47. The first-order valence-corrected chi connectivity index (χ1v) is 8.03. The zero-order valence-corrected chi connectivity index (χ0v) is 14.6. The number of aromatic nitrogens is 3. The van der Waals surface area contributed by atoms with E-state index in [1.54, 1.807) is 30.3 Å². The smallest absolute Gasteiger partial charge is 0.337 e. The number of carbonyl (C=O) groups is 2. The molecule has 1 N–H and O–H groups in total. The molecule has 0 saturated heterocycles. The maximum absolute atomic E-state index is 11.9. The number of nitrogens with one attached hydrogen (secondary N) is 1. The highest BCUT2D eigenvalue weighted by atomic mass is 35.5. The Morgan fingerprint density at radius 1 is 1.23 bits per heavy atom. The highest BCUT2D eigenvalue weighted by Crippen LogP contribution is 2.13. The van der Waals surface area contributed by atoms with Crippen molar-refractivity contribution < 1.29 is 19.2 Å². The first-order chi connectivity index (χ1) is 12.6. The first-order valence-electron chi connectivity index (χ1n) is 7.65. The minimum Gasteiger partial charge on any atom is -0.465 e. The summed E-state index contributed by atoms with van der Waals surface area (Å²) in [6, 6.07) is 11.9. The van der Waals surface area contributed by atoms with Crippen molar-refractivity contribution in [2.24, 2.45) is 0 Å². The number of esters is 1. The molecule has 0 radical (unpaired) electrons. The van der Waals surface area contributed by atoms with E-state index in [1.165, 1.54) is 13.2 Å². The molecule has 2 aromatic carbocycles. The number of hydrogen-bond acceptors (Lipinski definition) is 6. The SMILES string of the molecule is COC(=O)c1ccc2nnn(OCC(=O)NCc3cccc(Cl)c3)c2c1. The van der Waals surface area contributed by atoms with Gasteiger partial charge in [-0.25, -0.2) is 4.79 Å². The molecule has 0 bridgehead atoms. The molecule has 0 aliphatic carbocycles. The monoisotopic (exact) mass is 374 g/mol. The number of fused-ring (bicyclic) bond motifs is 1. The van der Waals surface area contributed by atoms with Crippen LogP contribution in [0.3, 0.4) is 0 Å². The van der Waals surface area contributed by atoms with Crippen LogP contribution in [0.1, 0.15) is 15.9 Å². The molecule has 9 heteroatoms. The van der Waals surface area contributed by atoms with Gasteiger partial charge in [0, 0.05) is 11.6 Å². The van der Waals surface area contributed by atoms with E-state index in [4.69, 9.17) is 16.4 Å². The van der Waals surface area contributed by atoms with Gasteiger partial charge in [0.15, 0.2) is 6.61 Å². The van der Waals surface area contributed by atoms with Crippen molar-refractivity contribution >= 4 is 34.5 Å². The van der Waals surface area contributed by atoms with E-state index >= 15 is 0 Å². The van der Waals surface area contributed by atoms with E-state index in [0.717, 1.165) is 10.4 Å². The largest absolute Gasteiger partial charge is 0.465 e. The van der Waals surface area contributed by atoms with Gasteiger partial charge in [0.05, 0.1) is 12.7 Å². The maximum Gasteiger partial charge on any atom is 0.337 e. The molecule has 1 aromatic heterocycles. The molecule has 26 heavy (non-hydrogen) atoms. The highest BCUT2D eigenvalue weighted by Gasteiger charge is 2.12. The zero-order valence-electron chi connectivity index (χ0n) is 13.8. The highest BCUT2D eigenvalue weighted by molar-refractivity contribution is 6.30. The number of carbonyl (C=O) groups excluding carboxylic acids is 2. The summed E-state index contributed by atoms with van der Waals surface area (Å²) in [6.45, 7) is 0.0643. The van der Waals surface area contributed by atoms with Crippen LogP contribution in [0.2, 0.25) is 5.02 Å². The average molecular weight is 375 g/mol. The number of halogens is 1. The third-order valence-electron chi connectivity index (χ3n) is 3.53. The molecule has 0 spiro atoms. The lowest BCUT2D eigenvalue weighted by Gasteiger charge is -2.07. The summed E-state index contributed by atoms with van der Waals surface area (Å²) < 4.78 is 4.68. The van der Waals surface area contributed by atoms with Gasteiger partial charge in [-0.1, -0.05) is 28.6 Å². The van der Waals surface area contributed by atoms with Gasteiger partial charge in [-0.2, -0.15) is 0 Å². The molecule has 8 nitrogen and oxygen atoms in total. The Labute approximate surface area is 153 Å². The Hall–Kier alpha value is -3.13. The summed E-state index contributed by atoms with van der Waals surface area (Å²) >= 11 is 5.90. The molecule has 134 valence electrons. The normalized spacial score (nSPS) is 10.5. The summed E-state index contributed by atoms with van der Waals surface area (Å²) in [5, 5.41) is 11.1. The topological polar surface area (TPSA) is 95.3 Å². The molecule has 3 aromatic rings. The fraction of sp³-hybridized carbons (Fsp3) is 0.176. The summed E-state index contributed by atoms with van der Waals surface area (Å²) in [4.78, 5) is 30.0. The van der Waals surface area contributed by atoms with Crippen molar-refractivity contribution in [2.75, 3.05) is 13.7 Å². The predicted octanol–water partition coefficient (Wildman–Crippen LogP) is 1.62. The van der Waals surface area contributed by atoms with Crippen LogP contribution in [-0.2, 0) is 16.1 Å². The molecular formula is C17H15ClN4O4. The summed E-state index contributed by atoms with van der Waals surface area (Å²) in [5.74, 6) is -0.823. The molecule has 1 heterocycles. The quantitative estimate of drug-likeness (QED) is 0.659. The van der Waals surface area contributed by atoms with Crippen molar-refractivity contribution in [1.29, 1.82) is 0 Å². The van der Waals surface area contributed by atoms with E-state index in [-0.39, 0.29) is 12.5 Å². The molecule has 0 aliphatic rings. The Kier molecular flexibility index (Phi) is 5.33. The number of amides is 1. The molecule has 0 atom stereocenters. The van der Waals surface area contributed by atoms with Gasteiger partial charge in [-0.05, 0) is 41.1 Å². The Morgan fingerprint density at radius 3 is 2.85 bits per heavy atom. The van der Waals surface area contributed by atoms with Crippen molar-refractivity contribution in [2.45, 2.75) is 6.54 Å². The van der Waals surface area contributed by atoms with Gasteiger partial charge in [0.1, 0.15) is 11.0 Å². The van der Waals surface area contributed by atoms with Gasteiger partial charge >= 0.3 is 5.97 Å². The lowest BCUT2D eigenvalue weighted by atomic mass is 10.2. The minimum absolute atomic E-state index is 0.262. The summed E-state index contributed by atoms with van der Waals surface area (Å²) in [5.41, 5.74) is 2.19. The van der Waals surface area contributed by atoms with E-state index < -0.39 is 5.97 Å². The van der Waals surface area contributed by atoms with Crippen molar-refractivity contribution in [3.8, 4) is 0 Å².